The molecule has 8 aromatic rings. The van der Waals surface area contributed by atoms with E-state index in [1.165, 1.54) is 0 Å². The summed E-state index contributed by atoms with van der Waals surface area (Å²) in [7, 11) is 0. The largest absolute Gasteiger partial charge is 0.455 e. The fourth-order valence-corrected chi connectivity index (χ4v) is 6.79. The highest BCUT2D eigenvalue weighted by Crippen LogP contribution is 2.46. The molecule has 1 aliphatic heterocycles. The van der Waals surface area contributed by atoms with E-state index < -0.39 is 5.79 Å². The highest BCUT2D eigenvalue weighted by atomic mass is 16.7. The van der Waals surface area contributed by atoms with Crippen molar-refractivity contribution in [3.05, 3.63) is 133 Å². The van der Waals surface area contributed by atoms with Gasteiger partial charge in [-0.2, -0.15) is 0 Å². The van der Waals surface area contributed by atoms with Gasteiger partial charge in [0.25, 0.3) is 0 Å². The van der Waals surface area contributed by atoms with Crippen LogP contribution in [0.4, 0.5) is 5.69 Å². The molecule has 0 fully saturated rings. The van der Waals surface area contributed by atoms with Crippen LogP contribution in [-0.4, -0.2) is 10.4 Å². The van der Waals surface area contributed by atoms with Gasteiger partial charge < -0.3 is 18.5 Å². The molecule has 6 aromatic carbocycles. The number of fused-ring (bicyclic) bond motifs is 9. The highest BCUT2D eigenvalue weighted by molar-refractivity contribution is 6.11. The molecule has 0 radical (unpaired) electrons. The molecule has 0 saturated heterocycles. The van der Waals surface area contributed by atoms with E-state index in [1.807, 2.05) is 62.4 Å². The summed E-state index contributed by atoms with van der Waals surface area (Å²) in [6.07, 6.45) is 0. The normalized spacial score (nSPS) is 13.6. The number of aromatic nitrogens is 1. The maximum atomic E-state index is 7.55. The predicted molar refractivity (Wildman–Crippen MR) is 181 cm³/mol. The molecule has 45 heavy (non-hydrogen) atoms. The molecule has 0 amide bonds. The molecule has 5 nitrogen and oxygen atoms in total. The zero-order valence-corrected chi connectivity index (χ0v) is 24.7. The predicted octanol–water partition coefficient (Wildman–Crippen LogP) is 11.1. The van der Waals surface area contributed by atoms with Crippen LogP contribution in [0.1, 0.15) is 13.8 Å². The number of hydrogen-bond donors (Lipinski definition) is 0. The second-order valence-electron chi connectivity index (χ2n) is 11.9. The van der Waals surface area contributed by atoms with Gasteiger partial charge in [-0.05, 0) is 65.5 Å². The molecule has 5 heteroatoms. The topological polar surface area (TPSA) is 40.9 Å². The van der Waals surface area contributed by atoms with E-state index in [-0.39, 0.29) is 0 Å². The van der Waals surface area contributed by atoms with Crippen molar-refractivity contribution >= 4 is 49.4 Å². The molecule has 0 spiro atoms. The van der Waals surface area contributed by atoms with Gasteiger partial charge in [-0.15, -0.1) is 0 Å². The summed E-state index contributed by atoms with van der Waals surface area (Å²) < 4.78 is 21.7. The number of para-hydroxylation sites is 3. The molecule has 0 bridgehead atoms. The van der Waals surface area contributed by atoms with Crippen LogP contribution >= 0.6 is 0 Å². The Labute approximate surface area is 259 Å². The van der Waals surface area contributed by atoms with Crippen LogP contribution in [-0.2, 0) is 0 Å². The first-order chi connectivity index (χ1) is 22.0. The lowest BCUT2D eigenvalue weighted by molar-refractivity contribution is -0.0778. The van der Waals surface area contributed by atoms with E-state index >= 15 is 0 Å². The van der Waals surface area contributed by atoms with Crippen LogP contribution in [0.15, 0.2) is 126 Å². The van der Waals surface area contributed by atoms with Gasteiger partial charge in [0, 0.05) is 52.4 Å². The average molecular weight is 583 g/mol. The Kier molecular flexibility index (Phi) is 5.24. The summed E-state index contributed by atoms with van der Waals surface area (Å²) in [6, 6.07) is 41.3. The third-order valence-corrected chi connectivity index (χ3v) is 8.71. The molecule has 0 aliphatic carbocycles. The maximum Gasteiger partial charge on any atom is 0.245 e. The van der Waals surface area contributed by atoms with Gasteiger partial charge in [0.15, 0.2) is 5.69 Å². The molecular weight excluding hydrogens is 556 g/mol. The van der Waals surface area contributed by atoms with E-state index in [0.29, 0.717) is 5.69 Å². The zero-order valence-electron chi connectivity index (χ0n) is 24.7. The number of rotatable bonds is 2. The van der Waals surface area contributed by atoms with Crippen molar-refractivity contribution in [1.29, 1.82) is 0 Å². The molecule has 0 saturated carbocycles. The number of furan rings is 1. The SMILES string of the molecule is [C-]#[N+]c1ccc2c(c1)c1ccccc1n2-c1ccc2c(c1)-c1ccc(-c3cccc4c3oc3ccccc34)cc1OC(C)(C)O2. The summed E-state index contributed by atoms with van der Waals surface area (Å²) in [5.74, 6) is 0.602. The minimum absolute atomic E-state index is 0.628. The molecule has 0 atom stereocenters. The molecule has 9 rings (SSSR count). The van der Waals surface area contributed by atoms with Crippen LogP contribution in [0.3, 0.4) is 0 Å². The van der Waals surface area contributed by atoms with Crippen molar-refractivity contribution in [2.24, 2.45) is 0 Å². The summed E-state index contributed by atoms with van der Waals surface area (Å²) in [5, 5.41) is 4.36. The molecule has 214 valence electrons. The van der Waals surface area contributed by atoms with Crippen LogP contribution in [0, 0.1) is 6.57 Å². The number of hydrogen-bond acceptors (Lipinski definition) is 3. The van der Waals surface area contributed by atoms with E-state index in [4.69, 9.17) is 20.5 Å². The smallest absolute Gasteiger partial charge is 0.245 e. The van der Waals surface area contributed by atoms with Crippen molar-refractivity contribution in [2.45, 2.75) is 19.6 Å². The Morgan fingerprint density at radius 3 is 2.27 bits per heavy atom. The summed E-state index contributed by atoms with van der Waals surface area (Å²) in [4.78, 5) is 3.68. The molecule has 0 N–H and O–H groups in total. The molecular formula is C40H26N2O3. The Morgan fingerprint density at radius 2 is 1.38 bits per heavy atom. The van der Waals surface area contributed by atoms with Crippen molar-refractivity contribution in [3.8, 4) is 39.4 Å². The van der Waals surface area contributed by atoms with Crippen molar-refractivity contribution in [1.82, 2.24) is 4.57 Å². The second-order valence-corrected chi connectivity index (χ2v) is 11.9. The van der Waals surface area contributed by atoms with Gasteiger partial charge in [0.2, 0.25) is 5.79 Å². The van der Waals surface area contributed by atoms with Gasteiger partial charge in [0.1, 0.15) is 22.7 Å². The highest BCUT2D eigenvalue weighted by Gasteiger charge is 2.30. The molecule has 0 unspecified atom stereocenters. The average Bonchev–Trinajstić information content (AvgIpc) is 3.57. The Balaban J connectivity index is 1.24. The van der Waals surface area contributed by atoms with E-state index in [9.17, 15) is 0 Å². The van der Waals surface area contributed by atoms with Crippen molar-refractivity contribution in [2.75, 3.05) is 0 Å². The number of nitrogens with zero attached hydrogens (tertiary/aromatic N) is 2. The second kappa shape index (κ2) is 9.25. The lowest BCUT2D eigenvalue weighted by Crippen LogP contribution is -2.34. The first-order valence-corrected chi connectivity index (χ1v) is 15.0. The third-order valence-electron chi connectivity index (χ3n) is 8.71. The maximum absolute atomic E-state index is 7.55. The summed E-state index contributed by atoms with van der Waals surface area (Å²) >= 11 is 0. The lowest BCUT2D eigenvalue weighted by Gasteiger charge is -2.26. The van der Waals surface area contributed by atoms with Crippen LogP contribution in [0.5, 0.6) is 11.5 Å². The van der Waals surface area contributed by atoms with Gasteiger partial charge in [0.05, 0.1) is 17.6 Å². The van der Waals surface area contributed by atoms with Gasteiger partial charge >= 0.3 is 0 Å². The van der Waals surface area contributed by atoms with Gasteiger partial charge in [-0.25, -0.2) is 4.85 Å². The Bertz CT molecular complexity index is 2540. The first-order valence-electron chi connectivity index (χ1n) is 15.0. The molecule has 2 aromatic heterocycles. The molecule has 3 heterocycles. The van der Waals surface area contributed by atoms with Crippen molar-refractivity contribution < 1.29 is 13.9 Å². The lowest BCUT2D eigenvalue weighted by atomic mass is 9.97. The number of benzene rings is 6. The summed E-state index contributed by atoms with van der Waals surface area (Å²) in [5.41, 5.74) is 9.40. The standard InChI is InChI=1S/C40H26N2O3/c1-40(2)44-37-20-17-26(42-34-13-6-4-9-28(34)32-22-25(41-3)16-19-35(32)42)23-33(37)30-18-15-24(21-38(30)45-40)27-11-8-12-31-29-10-5-7-14-36(29)43-39(27)31/h4-23H,1-2H3. The number of ether oxygens (including phenoxy) is 2. The zero-order chi connectivity index (χ0) is 30.3. The quantitative estimate of drug-likeness (QED) is 0.190. The van der Waals surface area contributed by atoms with Crippen LogP contribution in [0.25, 0.3) is 76.5 Å². The Morgan fingerprint density at radius 1 is 0.600 bits per heavy atom. The van der Waals surface area contributed by atoms with Crippen LogP contribution < -0.4 is 9.47 Å². The fraction of sp³-hybridized carbons (Fsp3) is 0.0750. The van der Waals surface area contributed by atoms with E-state index in [0.717, 1.165) is 83.2 Å². The van der Waals surface area contributed by atoms with Gasteiger partial charge in [-0.3, -0.25) is 0 Å². The minimum Gasteiger partial charge on any atom is -0.455 e. The fourth-order valence-electron chi connectivity index (χ4n) is 6.79. The minimum atomic E-state index is -0.894. The summed E-state index contributed by atoms with van der Waals surface area (Å²) in [6.45, 7) is 11.4. The van der Waals surface area contributed by atoms with E-state index in [1.54, 1.807) is 0 Å². The Hall–Kier alpha value is -5.99. The monoisotopic (exact) mass is 582 g/mol. The van der Waals surface area contributed by atoms with Gasteiger partial charge in [-0.1, -0.05) is 66.7 Å². The van der Waals surface area contributed by atoms with E-state index in [2.05, 4.69) is 82.2 Å². The van der Waals surface area contributed by atoms with Crippen molar-refractivity contribution in [3.63, 3.8) is 0 Å². The first kappa shape index (κ1) is 25.5. The third kappa shape index (κ3) is 3.86. The van der Waals surface area contributed by atoms with Crippen LogP contribution in [0.2, 0.25) is 0 Å². The molecule has 1 aliphatic rings.